The third kappa shape index (κ3) is 2.64. The zero-order valence-corrected chi connectivity index (χ0v) is 14.9. The van der Waals surface area contributed by atoms with E-state index in [4.69, 9.17) is 4.74 Å². The number of hydrogen-bond donors (Lipinski definition) is 0. The molecule has 4 heteroatoms. The summed E-state index contributed by atoms with van der Waals surface area (Å²) in [4.78, 5) is 19.3. The average Bonchev–Trinajstić information content (AvgIpc) is 3.05. The lowest BCUT2D eigenvalue weighted by atomic mass is 10.0. The molecule has 0 fully saturated rings. The van der Waals surface area contributed by atoms with Gasteiger partial charge in [0.15, 0.2) is 0 Å². The van der Waals surface area contributed by atoms with E-state index in [0.29, 0.717) is 12.1 Å². The molecule has 1 aliphatic rings. The van der Waals surface area contributed by atoms with Gasteiger partial charge in [0, 0.05) is 28.6 Å². The summed E-state index contributed by atoms with van der Waals surface area (Å²) in [7, 11) is 1.65. The molecular weight excluding hydrogens is 324 g/mol. The van der Waals surface area contributed by atoms with Gasteiger partial charge >= 0.3 is 0 Å². The number of ether oxygens (including phenoxy) is 1. The van der Waals surface area contributed by atoms with Gasteiger partial charge in [-0.1, -0.05) is 31.2 Å². The Kier molecular flexibility index (Phi) is 4.17. The average molecular weight is 344 g/mol. The van der Waals surface area contributed by atoms with Crippen molar-refractivity contribution in [2.24, 2.45) is 0 Å². The molecule has 26 heavy (non-hydrogen) atoms. The fraction of sp³-hybridized carbons (Fsp3) is 0.182. The predicted octanol–water partition coefficient (Wildman–Crippen LogP) is 4.48. The number of methoxy groups -OCH3 is 1. The highest BCUT2D eigenvalue weighted by Crippen LogP contribution is 2.37. The normalized spacial score (nSPS) is 13.0. The maximum absolute atomic E-state index is 13.0. The Balaban J connectivity index is 1.76. The summed E-state index contributed by atoms with van der Waals surface area (Å²) in [6, 6.07) is 17.7. The number of carbonyl (C=O) groups excluding carboxylic acids is 1. The molecule has 0 bridgehead atoms. The van der Waals surface area contributed by atoms with Crippen molar-refractivity contribution < 1.29 is 9.53 Å². The Morgan fingerprint density at radius 1 is 1.04 bits per heavy atom. The van der Waals surface area contributed by atoms with Crippen molar-refractivity contribution in [1.29, 1.82) is 0 Å². The Morgan fingerprint density at radius 2 is 1.81 bits per heavy atom. The van der Waals surface area contributed by atoms with E-state index in [1.165, 1.54) is 5.56 Å². The van der Waals surface area contributed by atoms with Gasteiger partial charge in [0.05, 0.1) is 19.3 Å². The first-order chi connectivity index (χ1) is 12.7. The van der Waals surface area contributed by atoms with Crippen LogP contribution in [-0.2, 0) is 13.0 Å². The van der Waals surface area contributed by atoms with Crippen LogP contribution in [0.15, 0.2) is 60.8 Å². The number of anilines is 1. The summed E-state index contributed by atoms with van der Waals surface area (Å²) in [5.41, 5.74) is 5.54. The first kappa shape index (κ1) is 16.3. The number of benzene rings is 2. The molecule has 4 nitrogen and oxygen atoms in total. The van der Waals surface area contributed by atoms with Gasteiger partial charge < -0.3 is 9.64 Å². The number of pyridine rings is 1. The van der Waals surface area contributed by atoms with Crippen molar-refractivity contribution in [3.8, 4) is 17.0 Å². The van der Waals surface area contributed by atoms with Crippen molar-refractivity contribution in [2.45, 2.75) is 19.9 Å². The molecule has 3 aromatic rings. The van der Waals surface area contributed by atoms with E-state index in [2.05, 4.69) is 24.0 Å². The number of hydrogen-bond acceptors (Lipinski definition) is 3. The molecular formula is C22H20N2O2. The first-order valence-corrected chi connectivity index (χ1v) is 8.75. The number of nitrogens with zero attached hydrogens (tertiary/aromatic N) is 2. The third-order valence-corrected chi connectivity index (χ3v) is 4.87. The number of fused-ring (bicyclic) bond motifs is 1. The van der Waals surface area contributed by atoms with Gasteiger partial charge in [-0.05, 0) is 42.3 Å². The zero-order valence-electron chi connectivity index (χ0n) is 14.9. The van der Waals surface area contributed by atoms with E-state index < -0.39 is 0 Å². The van der Waals surface area contributed by atoms with Crippen LogP contribution in [0.25, 0.3) is 11.3 Å². The second-order valence-corrected chi connectivity index (χ2v) is 6.30. The van der Waals surface area contributed by atoms with E-state index in [9.17, 15) is 4.79 Å². The zero-order chi connectivity index (χ0) is 18.1. The van der Waals surface area contributed by atoms with E-state index in [1.807, 2.05) is 41.3 Å². The quantitative estimate of drug-likeness (QED) is 0.701. The molecule has 130 valence electrons. The second-order valence-electron chi connectivity index (χ2n) is 6.30. The highest BCUT2D eigenvalue weighted by atomic mass is 16.5. The molecule has 0 unspecified atom stereocenters. The maximum atomic E-state index is 13.0. The monoisotopic (exact) mass is 344 g/mol. The fourth-order valence-corrected chi connectivity index (χ4v) is 3.42. The smallest absolute Gasteiger partial charge is 0.259 e. The first-order valence-electron chi connectivity index (χ1n) is 8.75. The van der Waals surface area contributed by atoms with Crippen molar-refractivity contribution in [1.82, 2.24) is 4.98 Å². The predicted molar refractivity (Wildman–Crippen MR) is 103 cm³/mol. The lowest BCUT2D eigenvalue weighted by molar-refractivity contribution is 0.0996. The van der Waals surface area contributed by atoms with Crippen molar-refractivity contribution >= 4 is 11.6 Å². The largest absolute Gasteiger partial charge is 0.496 e. The lowest BCUT2D eigenvalue weighted by Crippen LogP contribution is -2.22. The van der Waals surface area contributed by atoms with Gasteiger partial charge in [-0.3, -0.25) is 9.78 Å². The van der Waals surface area contributed by atoms with Crippen LogP contribution < -0.4 is 9.64 Å². The third-order valence-electron chi connectivity index (χ3n) is 4.87. The maximum Gasteiger partial charge on any atom is 0.259 e. The Bertz CT molecular complexity index is 964. The van der Waals surface area contributed by atoms with Crippen LogP contribution in [0.3, 0.4) is 0 Å². The van der Waals surface area contributed by atoms with Gasteiger partial charge in [0.25, 0.3) is 5.91 Å². The molecule has 2 heterocycles. The van der Waals surface area contributed by atoms with Crippen LogP contribution in [0.2, 0.25) is 0 Å². The van der Waals surface area contributed by atoms with E-state index in [1.54, 1.807) is 19.4 Å². The van der Waals surface area contributed by atoms with E-state index in [0.717, 1.165) is 34.7 Å². The Labute approximate surface area is 153 Å². The van der Waals surface area contributed by atoms with Crippen LogP contribution in [-0.4, -0.2) is 18.0 Å². The number of aryl methyl sites for hydroxylation is 1. The standard InChI is InChI=1S/C22H20N2O2/c1-3-15-8-10-16(11-9-15)24-14-19-17(22(24)25)12-13-23-21(19)18-6-4-5-7-20(18)26-2/h4-13H,3,14H2,1-2H3. The van der Waals surface area contributed by atoms with Crippen LogP contribution in [0, 0.1) is 0 Å². The van der Waals surface area contributed by atoms with Crippen LogP contribution in [0.4, 0.5) is 5.69 Å². The SMILES string of the molecule is CCc1ccc(N2Cc3c(ccnc3-c3ccccc3OC)C2=O)cc1. The minimum atomic E-state index is 0.0165. The second kappa shape index (κ2) is 6.64. The van der Waals surface area contributed by atoms with Crippen molar-refractivity contribution in [3.63, 3.8) is 0 Å². The lowest BCUT2D eigenvalue weighted by Gasteiger charge is -2.16. The Hall–Kier alpha value is -3.14. The molecule has 2 aromatic carbocycles. The number of para-hydroxylation sites is 1. The molecule has 0 radical (unpaired) electrons. The molecule has 0 atom stereocenters. The number of aromatic nitrogens is 1. The van der Waals surface area contributed by atoms with Gasteiger partial charge in [-0.15, -0.1) is 0 Å². The number of carbonyl (C=O) groups is 1. The highest BCUT2D eigenvalue weighted by Gasteiger charge is 2.31. The molecule has 1 aliphatic heterocycles. The summed E-state index contributed by atoms with van der Waals surface area (Å²) >= 11 is 0. The van der Waals surface area contributed by atoms with Gasteiger partial charge in [-0.2, -0.15) is 0 Å². The topological polar surface area (TPSA) is 42.4 Å². The van der Waals surface area contributed by atoms with Crippen molar-refractivity contribution in [3.05, 3.63) is 77.5 Å². The van der Waals surface area contributed by atoms with Crippen LogP contribution in [0.1, 0.15) is 28.4 Å². The fourth-order valence-electron chi connectivity index (χ4n) is 3.42. The van der Waals surface area contributed by atoms with Gasteiger partial charge in [-0.25, -0.2) is 0 Å². The number of amides is 1. The molecule has 0 spiro atoms. The summed E-state index contributed by atoms with van der Waals surface area (Å²) in [5.74, 6) is 0.773. The summed E-state index contributed by atoms with van der Waals surface area (Å²) in [6.07, 6.45) is 2.68. The molecule has 1 aromatic heterocycles. The van der Waals surface area contributed by atoms with E-state index >= 15 is 0 Å². The molecule has 0 saturated heterocycles. The summed E-state index contributed by atoms with van der Waals surface area (Å²) < 4.78 is 5.48. The van der Waals surface area contributed by atoms with Crippen LogP contribution in [0.5, 0.6) is 5.75 Å². The molecule has 4 rings (SSSR count). The summed E-state index contributed by atoms with van der Waals surface area (Å²) in [6.45, 7) is 2.64. The molecule has 1 amide bonds. The highest BCUT2D eigenvalue weighted by molar-refractivity contribution is 6.11. The molecule has 0 N–H and O–H groups in total. The van der Waals surface area contributed by atoms with Crippen LogP contribution >= 0.6 is 0 Å². The molecule has 0 saturated carbocycles. The number of rotatable bonds is 4. The molecule has 0 aliphatic carbocycles. The van der Waals surface area contributed by atoms with Gasteiger partial charge in [0.2, 0.25) is 0 Å². The summed E-state index contributed by atoms with van der Waals surface area (Å²) in [5, 5.41) is 0. The minimum absolute atomic E-state index is 0.0165. The van der Waals surface area contributed by atoms with Gasteiger partial charge in [0.1, 0.15) is 5.75 Å². The van der Waals surface area contributed by atoms with Crippen molar-refractivity contribution in [2.75, 3.05) is 12.0 Å². The van der Waals surface area contributed by atoms with E-state index in [-0.39, 0.29) is 5.91 Å². The minimum Gasteiger partial charge on any atom is -0.496 e. The Morgan fingerprint density at radius 3 is 2.54 bits per heavy atom.